The van der Waals surface area contributed by atoms with Gasteiger partial charge in [0.1, 0.15) is 29.0 Å². The van der Waals surface area contributed by atoms with Crippen LogP contribution in [0.2, 0.25) is 0 Å². The summed E-state index contributed by atoms with van der Waals surface area (Å²) in [5.41, 5.74) is 0.212. The Morgan fingerprint density at radius 2 is 2.05 bits per heavy atom. The minimum Gasteiger partial charge on any atom is -0.477 e. The van der Waals surface area contributed by atoms with Gasteiger partial charge in [-0.25, -0.2) is 32.9 Å². The molecular formula is C26H32F2N6O5. The molecule has 0 aliphatic carbocycles. The number of fused-ring (bicyclic) bond motifs is 1. The Hall–Kier alpha value is -4.03. The number of ether oxygens (including phenoxy) is 3. The van der Waals surface area contributed by atoms with E-state index < -0.39 is 35.7 Å². The first-order chi connectivity index (χ1) is 18.6. The highest BCUT2D eigenvalue weighted by Gasteiger charge is 2.37. The zero-order valence-corrected chi connectivity index (χ0v) is 22.3. The van der Waals surface area contributed by atoms with E-state index in [9.17, 15) is 18.4 Å². The number of halogens is 2. The number of nitrogens with one attached hydrogen (secondary N) is 1. The Balaban J connectivity index is 1.51. The molecule has 1 aliphatic heterocycles. The minimum absolute atomic E-state index is 0.00643. The van der Waals surface area contributed by atoms with Gasteiger partial charge in [0.2, 0.25) is 5.88 Å². The molecule has 2 atom stereocenters. The van der Waals surface area contributed by atoms with Crippen LogP contribution in [0.3, 0.4) is 0 Å². The van der Waals surface area contributed by atoms with Gasteiger partial charge in [-0.1, -0.05) is 0 Å². The maximum atomic E-state index is 14.8. The summed E-state index contributed by atoms with van der Waals surface area (Å²) in [7, 11) is 0. The quantitative estimate of drug-likeness (QED) is 0.313. The van der Waals surface area contributed by atoms with E-state index in [1.807, 2.05) is 0 Å². The van der Waals surface area contributed by atoms with E-state index in [2.05, 4.69) is 20.4 Å². The van der Waals surface area contributed by atoms with Crippen LogP contribution >= 0.6 is 0 Å². The number of aromatic nitrogens is 4. The molecule has 4 heterocycles. The van der Waals surface area contributed by atoms with E-state index in [0.717, 1.165) is 6.20 Å². The summed E-state index contributed by atoms with van der Waals surface area (Å²) < 4.78 is 46.6. The molecule has 4 rings (SSSR count). The topological polar surface area (TPSA) is 120 Å². The van der Waals surface area contributed by atoms with Crippen LogP contribution in [0.25, 0.3) is 5.65 Å². The van der Waals surface area contributed by atoms with Gasteiger partial charge in [-0.05, 0) is 46.2 Å². The van der Waals surface area contributed by atoms with Gasteiger partial charge in [0.05, 0.1) is 38.2 Å². The van der Waals surface area contributed by atoms with Crippen LogP contribution in [0.1, 0.15) is 62.5 Å². The molecule has 0 bridgehead atoms. The molecule has 1 saturated heterocycles. The third-order valence-corrected chi connectivity index (χ3v) is 5.83. The first kappa shape index (κ1) is 28.0. The van der Waals surface area contributed by atoms with Gasteiger partial charge in [0.25, 0.3) is 0 Å². The first-order valence-electron chi connectivity index (χ1n) is 12.7. The van der Waals surface area contributed by atoms with Gasteiger partial charge in [-0.15, -0.1) is 0 Å². The highest BCUT2D eigenvalue weighted by atomic mass is 19.1. The summed E-state index contributed by atoms with van der Waals surface area (Å²) in [5, 5.41) is 6.78. The van der Waals surface area contributed by atoms with Crippen molar-refractivity contribution in [3.8, 4) is 5.88 Å². The Morgan fingerprint density at radius 3 is 2.79 bits per heavy atom. The summed E-state index contributed by atoms with van der Waals surface area (Å²) >= 11 is 0. The normalized spacial score (nSPS) is 17.3. The molecule has 0 unspecified atom stereocenters. The third kappa shape index (κ3) is 6.89. The van der Waals surface area contributed by atoms with Gasteiger partial charge in [-0.3, -0.25) is 0 Å². The number of pyridine rings is 1. The van der Waals surface area contributed by atoms with Crippen molar-refractivity contribution in [3.05, 3.63) is 47.7 Å². The predicted octanol–water partition coefficient (Wildman–Crippen LogP) is 4.02. The van der Waals surface area contributed by atoms with Gasteiger partial charge in [0, 0.05) is 24.7 Å². The molecule has 0 spiro atoms. The van der Waals surface area contributed by atoms with Crippen molar-refractivity contribution in [2.45, 2.75) is 58.4 Å². The third-order valence-electron chi connectivity index (χ3n) is 5.83. The number of esters is 1. The average molecular weight is 547 g/mol. The standard InChI is InChI=1S/C26H32F2N6O5/c1-5-37-24(35)19-14-31-34-9-7-21(32-22(19)34)33-15-17(28)12-20(33)18-11-16(27)13-30-23(18)38-10-6-8-29-25(36)39-26(2,3)4/h7,9,11,13-14,17,20H,5-6,8,10,12,15H2,1-4H3,(H,29,36)/t17-,20+/m0/s1. The van der Waals surface area contributed by atoms with Crippen LogP contribution in [0.4, 0.5) is 19.4 Å². The molecule has 0 radical (unpaired) electrons. The van der Waals surface area contributed by atoms with Crippen molar-refractivity contribution < 1.29 is 32.6 Å². The van der Waals surface area contributed by atoms with Crippen molar-refractivity contribution in [3.63, 3.8) is 0 Å². The smallest absolute Gasteiger partial charge is 0.407 e. The highest BCUT2D eigenvalue weighted by molar-refractivity contribution is 5.95. The molecule has 1 amide bonds. The Kier molecular flexibility index (Phi) is 8.46. The molecule has 3 aromatic heterocycles. The minimum atomic E-state index is -1.21. The second kappa shape index (κ2) is 11.8. The number of amides is 1. The number of hydrogen-bond donors (Lipinski definition) is 1. The lowest BCUT2D eigenvalue weighted by molar-refractivity contribution is 0.0516. The van der Waals surface area contributed by atoms with Crippen molar-refractivity contribution in [1.29, 1.82) is 0 Å². The van der Waals surface area contributed by atoms with Crippen molar-refractivity contribution in [2.24, 2.45) is 0 Å². The van der Waals surface area contributed by atoms with Crippen molar-refractivity contribution in [1.82, 2.24) is 24.9 Å². The van der Waals surface area contributed by atoms with Crippen LogP contribution in [-0.2, 0) is 9.47 Å². The van der Waals surface area contributed by atoms with Crippen LogP contribution in [0.15, 0.2) is 30.7 Å². The van der Waals surface area contributed by atoms with Gasteiger partial charge in [-0.2, -0.15) is 5.10 Å². The molecule has 11 nitrogen and oxygen atoms in total. The fourth-order valence-electron chi connectivity index (χ4n) is 4.25. The van der Waals surface area contributed by atoms with E-state index >= 15 is 0 Å². The Morgan fingerprint density at radius 1 is 1.26 bits per heavy atom. The molecule has 3 aromatic rings. The molecule has 0 aromatic carbocycles. The zero-order chi connectivity index (χ0) is 28.2. The van der Waals surface area contributed by atoms with Gasteiger partial charge < -0.3 is 24.4 Å². The SMILES string of the molecule is CCOC(=O)c1cnn2ccc(N3C[C@@H](F)C[C@@H]3c3cc(F)cnc3OCCCNC(=O)OC(C)(C)C)nc12. The number of hydrogen-bond acceptors (Lipinski definition) is 9. The van der Waals surface area contributed by atoms with E-state index in [-0.39, 0.29) is 43.3 Å². The molecule has 1 aliphatic rings. The summed E-state index contributed by atoms with van der Waals surface area (Å²) in [6.07, 6.45) is 2.77. The molecule has 210 valence electrons. The highest BCUT2D eigenvalue weighted by Crippen LogP contribution is 2.40. The first-order valence-corrected chi connectivity index (χ1v) is 12.7. The fourth-order valence-corrected chi connectivity index (χ4v) is 4.25. The lowest BCUT2D eigenvalue weighted by Crippen LogP contribution is -2.33. The maximum absolute atomic E-state index is 14.8. The molecule has 1 fully saturated rings. The van der Waals surface area contributed by atoms with Gasteiger partial charge >= 0.3 is 12.1 Å². The summed E-state index contributed by atoms with van der Waals surface area (Å²) in [6.45, 7) is 7.69. The van der Waals surface area contributed by atoms with E-state index in [4.69, 9.17) is 14.2 Å². The lowest BCUT2D eigenvalue weighted by Gasteiger charge is -2.26. The Bertz CT molecular complexity index is 1330. The maximum Gasteiger partial charge on any atom is 0.407 e. The average Bonchev–Trinajstić information content (AvgIpc) is 3.46. The van der Waals surface area contributed by atoms with Gasteiger partial charge in [0.15, 0.2) is 5.65 Å². The number of rotatable bonds is 9. The second-order valence-electron chi connectivity index (χ2n) is 10.0. The van der Waals surface area contributed by atoms with E-state index in [0.29, 0.717) is 24.3 Å². The number of alkyl halides is 1. The zero-order valence-electron chi connectivity index (χ0n) is 22.3. The van der Waals surface area contributed by atoms with E-state index in [1.165, 1.54) is 16.8 Å². The largest absolute Gasteiger partial charge is 0.477 e. The fraction of sp³-hybridized carbons (Fsp3) is 0.500. The van der Waals surface area contributed by atoms with Crippen LogP contribution < -0.4 is 15.0 Å². The summed E-state index contributed by atoms with van der Waals surface area (Å²) in [5.74, 6) is -0.606. The van der Waals surface area contributed by atoms with Crippen LogP contribution in [0, 0.1) is 5.82 Å². The van der Waals surface area contributed by atoms with Crippen molar-refractivity contribution in [2.75, 3.05) is 31.2 Å². The van der Waals surface area contributed by atoms with Crippen LogP contribution in [-0.4, -0.2) is 69.7 Å². The second-order valence-corrected chi connectivity index (χ2v) is 10.0. The predicted molar refractivity (Wildman–Crippen MR) is 137 cm³/mol. The lowest BCUT2D eigenvalue weighted by atomic mass is 10.1. The number of carbonyl (C=O) groups excluding carboxylic acids is 2. The number of nitrogens with zero attached hydrogens (tertiary/aromatic N) is 5. The number of anilines is 1. The number of alkyl carbamates (subject to hydrolysis) is 1. The molecule has 0 saturated carbocycles. The monoisotopic (exact) mass is 546 g/mol. The summed E-state index contributed by atoms with van der Waals surface area (Å²) in [4.78, 5) is 34.5. The molecule has 13 heteroatoms. The van der Waals surface area contributed by atoms with Crippen LogP contribution in [0.5, 0.6) is 5.88 Å². The summed E-state index contributed by atoms with van der Waals surface area (Å²) in [6, 6.07) is 2.30. The Labute approximate surface area is 224 Å². The van der Waals surface area contributed by atoms with Crippen molar-refractivity contribution >= 4 is 23.5 Å². The molecular weight excluding hydrogens is 514 g/mol. The van der Waals surface area contributed by atoms with E-state index in [1.54, 1.807) is 44.9 Å². The number of carbonyl (C=O) groups is 2. The molecule has 1 N–H and O–H groups in total. The molecule has 39 heavy (non-hydrogen) atoms.